The Morgan fingerprint density at radius 3 is 1.08 bits per heavy atom. The minimum Gasteiger partial charge on any atom is -0.780 e. The molecule has 64 valence electrons. The fourth-order valence-electron chi connectivity index (χ4n) is 0. The van der Waals surface area contributed by atoms with Crippen molar-refractivity contribution in [3.8, 4) is 0 Å². The summed E-state index contributed by atoms with van der Waals surface area (Å²) in [4.78, 5) is 0. The summed E-state index contributed by atoms with van der Waals surface area (Å²) in [6, 6.07) is 0. The van der Waals surface area contributed by atoms with Crippen LogP contribution in [0.4, 0.5) is 0 Å². The van der Waals surface area contributed by atoms with E-state index in [0.29, 0.717) is 0 Å². The molecule has 0 amide bonds. The van der Waals surface area contributed by atoms with Crippen molar-refractivity contribution >= 4 is 30.6 Å². The molecule has 2 N–H and O–H groups in total. The van der Waals surface area contributed by atoms with E-state index in [0.717, 1.165) is 0 Å². The van der Waals surface area contributed by atoms with E-state index in [1.165, 1.54) is 0 Å². The van der Waals surface area contributed by atoms with Crippen LogP contribution in [-0.4, -0.2) is 30.8 Å². The second-order valence-electron chi connectivity index (χ2n) is 0.856. The maximum atomic E-state index is 8.89. The summed E-state index contributed by atoms with van der Waals surface area (Å²) in [7, 11) is -9.00. The largest absolute Gasteiger partial charge is 1.00 e. The molecule has 0 rings (SSSR count). The average Bonchev–Trinajstić information content (AvgIpc) is 1.12. The molecular formula is H2KNaO7S3. The first-order chi connectivity index (χ1) is 4.00. The molecular weight excluding hydrogens is 270 g/mol. The van der Waals surface area contributed by atoms with E-state index in [9.17, 15) is 0 Å². The molecule has 0 heterocycles. The van der Waals surface area contributed by atoms with Crippen molar-refractivity contribution in [3.63, 3.8) is 0 Å². The summed E-state index contributed by atoms with van der Waals surface area (Å²) in [6.07, 6.45) is 0. The van der Waals surface area contributed by atoms with Crippen LogP contribution in [0.15, 0.2) is 0 Å². The molecule has 0 aliphatic carbocycles. The van der Waals surface area contributed by atoms with Gasteiger partial charge in [-0.3, -0.25) is 13.3 Å². The normalized spacial score (nSPS) is 9.67. The maximum absolute atomic E-state index is 8.89. The predicted octanol–water partition coefficient (Wildman–Crippen LogP) is -7.65. The minimum atomic E-state index is -4.67. The van der Waals surface area contributed by atoms with Crippen molar-refractivity contribution in [1.82, 2.24) is 0 Å². The van der Waals surface area contributed by atoms with Crippen molar-refractivity contribution in [1.29, 1.82) is 0 Å². The smallest absolute Gasteiger partial charge is 0.780 e. The van der Waals surface area contributed by atoms with Crippen molar-refractivity contribution in [2.75, 3.05) is 0 Å². The summed E-state index contributed by atoms with van der Waals surface area (Å²) in [5.74, 6) is 0. The Morgan fingerprint density at radius 2 is 1.08 bits per heavy atom. The van der Waals surface area contributed by atoms with Crippen molar-refractivity contribution < 1.29 is 112 Å². The molecule has 0 spiro atoms. The third-order valence-electron chi connectivity index (χ3n) is 0. The van der Waals surface area contributed by atoms with E-state index in [2.05, 4.69) is 11.2 Å². The zero-order valence-corrected chi connectivity index (χ0v) is 13.7. The molecule has 0 atom stereocenters. The zero-order chi connectivity index (χ0) is 9.00. The van der Waals surface area contributed by atoms with Gasteiger partial charge in [0.15, 0.2) is 0 Å². The minimum absolute atomic E-state index is 0. The molecule has 0 aromatic rings. The van der Waals surface area contributed by atoms with Crippen molar-refractivity contribution in [3.05, 3.63) is 0 Å². The molecule has 0 unspecified atom stereocenters. The van der Waals surface area contributed by atoms with Gasteiger partial charge in [-0.05, 0) is 11.2 Å². The zero-order valence-electron chi connectivity index (χ0n) is 6.16. The maximum Gasteiger partial charge on any atom is 1.00 e. The summed E-state index contributed by atoms with van der Waals surface area (Å²) >= 11 is 3.24. The van der Waals surface area contributed by atoms with Gasteiger partial charge in [-0.2, -0.15) is 8.42 Å². The standard InChI is InChI=1S/K.Na.H2O4S.H2O3S2/c;;2*1-5(2,3)4/h;;2*(H2,1,2,3,4)/q2*+1;;/p-2. The monoisotopic (exact) mass is 272 g/mol. The Morgan fingerprint density at radius 1 is 1.08 bits per heavy atom. The van der Waals surface area contributed by atoms with Gasteiger partial charge in [-0.15, -0.1) is 9.05 Å². The van der Waals surface area contributed by atoms with Gasteiger partial charge in [0.2, 0.25) is 0 Å². The van der Waals surface area contributed by atoms with Crippen LogP contribution in [0.5, 0.6) is 0 Å². The van der Waals surface area contributed by atoms with E-state index in [4.69, 9.17) is 30.8 Å². The molecule has 0 fully saturated rings. The Balaban J connectivity index is -0.0000000457. The Labute approximate surface area is 139 Å². The molecule has 0 bridgehead atoms. The number of hydrogen-bond donors (Lipinski definition) is 2. The van der Waals surface area contributed by atoms with Gasteiger partial charge in [-0.25, -0.2) is 0 Å². The van der Waals surface area contributed by atoms with Gasteiger partial charge in [0.25, 0.3) is 0 Å². The van der Waals surface area contributed by atoms with E-state index in [1.54, 1.807) is 0 Å². The van der Waals surface area contributed by atoms with Gasteiger partial charge in [0.05, 0.1) is 0 Å². The van der Waals surface area contributed by atoms with Crippen LogP contribution in [0.25, 0.3) is 0 Å². The van der Waals surface area contributed by atoms with Gasteiger partial charge in [0.1, 0.15) is 0 Å². The quantitative estimate of drug-likeness (QED) is 0.327. The molecule has 0 aliphatic heterocycles. The second-order valence-corrected chi connectivity index (χ2v) is 3.79. The van der Waals surface area contributed by atoms with Crippen molar-refractivity contribution in [2.24, 2.45) is 0 Å². The Hall–Kier alpha value is 2.80. The number of rotatable bonds is 0. The van der Waals surface area contributed by atoms with Gasteiger partial charge < -0.3 is 9.11 Å². The molecule has 0 aliphatic rings. The van der Waals surface area contributed by atoms with Gasteiger partial charge >= 0.3 is 91.3 Å². The van der Waals surface area contributed by atoms with Crippen LogP contribution in [0.1, 0.15) is 0 Å². The Bertz CT molecular complexity index is 215. The molecule has 0 aromatic carbocycles. The summed E-state index contributed by atoms with van der Waals surface area (Å²) < 4.78 is 58.3. The van der Waals surface area contributed by atoms with Crippen LogP contribution < -0.4 is 80.9 Å². The second kappa shape index (κ2) is 10.3. The van der Waals surface area contributed by atoms with Crippen molar-refractivity contribution in [2.45, 2.75) is 0 Å². The van der Waals surface area contributed by atoms with Gasteiger partial charge in [-0.1, -0.05) is 0 Å². The first kappa shape index (κ1) is 24.2. The fraction of sp³-hybridized carbons (Fsp3) is 0. The van der Waals surface area contributed by atoms with Crippen LogP contribution in [0.3, 0.4) is 0 Å². The topological polar surface area (TPSA) is 138 Å². The summed E-state index contributed by atoms with van der Waals surface area (Å²) in [6.45, 7) is 0. The summed E-state index contributed by atoms with van der Waals surface area (Å²) in [5.41, 5.74) is 0. The predicted molar refractivity (Wildman–Crippen MR) is 31.2 cm³/mol. The third-order valence-corrected chi connectivity index (χ3v) is 0. The Kier molecular flexibility index (Phi) is 20.8. The molecule has 0 aromatic heterocycles. The molecule has 0 radical (unpaired) electrons. The third kappa shape index (κ3) is 228. The first-order valence-electron chi connectivity index (χ1n) is 1.37. The van der Waals surface area contributed by atoms with E-state index in [1.807, 2.05) is 0 Å². The number of hydrogen-bond acceptors (Lipinski definition) is 6. The van der Waals surface area contributed by atoms with Crippen LogP contribution in [0, 0.1) is 0 Å². The first-order valence-corrected chi connectivity index (χ1v) is 5.10. The molecule has 0 saturated carbocycles. The summed E-state index contributed by atoms with van der Waals surface area (Å²) in [5, 5.41) is 0. The average molecular weight is 272 g/mol. The van der Waals surface area contributed by atoms with Crippen LogP contribution in [0.2, 0.25) is 0 Å². The van der Waals surface area contributed by atoms with Crippen LogP contribution in [-0.2, 0) is 30.6 Å². The van der Waals surface area contributed by atoms with Crippen LogP contribution >= 0.6 is 0 Å². The molecule has 12 heteroatoms. The van der Waals surface area contributed by atoms with E-state index < -0.39 is 19.5 Å². The SMILES string of the molecule is O=S(=O)(O)O.O=S([O-])([O-])=S.[K+].[Na+]. The van der Waals surface area contributed by atoms with E-state index in [-0.39, 0.29) is 80.9 Å². The molecule has 7 nitrogen and oxygen atoms in total. The molecule has 12 heavy (non-hydrogen) atoms. The van der Waals surface area contributed by atoms with Gasteiger partial charge in [0, 0.05) is 0 Å². The van der Waals surface area contributed by atoms with E-state index >= 15 is 0 Å². The fourth-order valence-corrected chi connectivity index (χ4v) is 0. The molecule has 0 saturated heterocycles.